The molecule has 1 aromatic heterocycles. The van der Waals surface area contributed by atoms with Gasteiger partial charge in [0.2, 0.25) is 0 Å². The second kappa shape index (κ2) is 11.1. The van der Waals surface area contributed by atoms with Crippen LogP contribution in [0.2, 0.25) is 0 Å². The van der Waals surface area contributed by atoms with Crippen molar-refractivity contribution in [3.63, 3.8) is 0 Å². The van der Waals surface area contributed by atoms with Crippen molar-refractivity contribution in [3.8, 4) is 44.5 Å². The monoisotopic (exact) mass is 652 g/mol. The molecule has 1 heteroatoms. The molecule has 10 aromatic rings. The maximum atomic E-state index is 9.58. The van der Waals surface area contributed by atoms with Crippen LogP contribution in [0, 0.1) is 0 Å². The Balaban J connectivity index is 1.47. The Labute approximate surface area is 326 Å². The van der Waals surface area contributed by atoms with Crippen molar-refractivity contribution in [1.29, 1.82) is 0 Å². The first-order chi connectivity index (χ1) is 36.8. The number of fused-ring (bicyclic) bond motifs is 6. The number of rotatable bonds is 4. The van der Waals surface area contributed by atoms with Gasteiger partial charge in [-0.2, -0.15) is 0 Å². The number of hydrogen-bond acceptors (Lipinski definition) is 1. The minimum Gasteiger partial charge on any atom is -0.455 e. The molecule has 0 aliphatic heterocycles. The molecule has 0 aliphatic carbocycles. The molecular weight excluding hydrogens is 593 g/mol. The van der Waals surface area contributed by atoms with Gasteiger partial charge in [-0.15, -0.1) is 0 Å². The highest BCUT2D eigenvalue weighted by atomic mass is 16.3. The van der Waals surface area contributed by atoms with E-state index in [4.69, 9.17) is 31.8 Å². The lowest BCUT2D eigenvalue weighted by molar-refractivity contribution is 0.670. The van der Waals surface area contributed by atoms with Gasteiger partial charge >= 0.3 is 0 Å². The van der Waals surface area contributed by atoms with E-state index in [1.165, 1.54) is 0 Å². The van der Waals surface area contributed by atoms with Crippen LogP contribution in [0.1, 0.15) is 41.1 Å². The first kappa shape index (κ1) is 11.1. The van der Waals surface area contributed by atoms with Gasteiger partial charge in [0.25, 0.3) is 0 Å². The second-order valence-corrected chi connectivity index (χ2v) is 10.5. The fourth-order valence-corrected chi connectivity index (χ4v) is 5.81. The quantitative estimate of drug-likeness (QED) is 0.172. The summed E-state index contributed by atoms with van der Waals surface area (Å²) in [5, 5.41) is -5.58. The maximum absolute atomic E-state index is 9.58. The third kappa shape index (κ3) is 4.40. The van der Waals surface area contributed by atoms with Crippen LogP contribution >= 0.6 is 0 Å². The summed E-state index contributed by atoms with van der Waals surface area (Å²) in [5.74, 6) is 0. The molecule has 0 saturated carbocycles. The third-order valence-corrected chi connectivity index (χ3v) is 7.87. The molecule has 49 heavy (non-hydrogen) atoms. The molecule has 0 unspecified atom stereocenters. The molecule has 10 rings (SSSR count). The van der Waals surface area contributed by atoms with Crippen LogP contribution in [0.4, 0.5) is 0 Å². The van der Waals surface area contributed by atoms with Crippen LogP contribution in [0.3, 0.4) is 0 Å². The average Bonchev–Trinajstić information content (AvgIpc) is 3.90. The normalized spacial score (nSPS) is 20.2. The average molecular weight is 653 g/mol. The summed E-state index contributed by atoms with van der Waals surface area (Å²) in [7, 11) is 0. The van der Waals surface area contributed by atoms with Crippen LogP contribution in [0.5, 0.6) is 0 Å². The standard InChI is InChI=1S/C48H30O/c1-2-13-33(14-3-1)37-20-10-22-43-47-42(21-11-23-44(47)49-48(37)43)46-40-18-8-6-16-38(40)45(39-17-7-9-19-41(39)46)34-27-24-32(25-28-34)36-29-26-31-12-4-5-15-35(31)30-36/h1-30H/i1D,2D,3D,4D,5D,6D,7D,8D,9D,10D,11D,12D,13D,14D,15D,16D,17D,18D,19D,20D,21D,22D,23D,24D,25D,26D,27D,28D,29D,30D. The fourth-order valence-electron chi connectivity index (χ4n) is 5.81. The molecule has 228 valence electrons. The minimum absolute atomic E-state index is 0.556. The van der Waals surface area contributed by atoms with Gasteiger partial charge in [-0.25, -0.2) is 0 Å². The summed E-state index contributed by atoms with van der Waals surface area (Å²) < 4.78 is 276. The van der Waals surface area contributed by atoms with E-state index in [9.17, 15) is 13.7 Å². The van der Waals surface area contributed by atoms with E-state index in [2.05, 4.69) is 0 Å². The summed E-state index contributed by atoms with van der Waals surface area (Å²) in [6, 6.07) is -29.0. The molecule has 0 saturated heterocycles. The second-order valence-electron chi connectivity index (χ2n) is 10.5. The van der Waals surface area contributed by atoms with Crippen molar-refractivity contribution in [2.24, 2.45) is 0 Å². The van der Waals surface area contributed by atoms with Crippen molar-refractivity contribution in [3.05, 3.63) is 181 Å². The van der Waals surface area contributed by atoms with Gasteiger partial charge in [0.1, 0.15) is 11.2 Å². The van der Waals surface area contributed by atoms with E-state index in [0.29, 0.717) is 0 Å². The summed E-state index contributed by atoms with van der Waals surface area (Å²) >= 11 is 0. The molecule has 1 heterocycles. The molecular formula is C48H30O. The Morgan fingerprint density at radius 3 is 1.63 bits per heavy atom. The van der Waals surface area contributed by atoms with Crippen LogP contribution < -0.4 is 0 Å². The molecule has 0 amide bonds. The van der Waals surface area contributed by atoms with E-state index in [0.717, 1.165) is 0 Å². The summed E-state index contributed by atoms with van der Waals surface area (Å²) in [6.45, 7) is 0. The van der Waals surface area contributed by atoms with Crippen molar-refractivity contribution < 1.29 is 45.5 Å². The van der Waals surface area contributed by atoms with Crippen molar-refractivity contribution >= 4 is 54.3 Å². The third-order valence-electron chi connectivity index (χ3n) is 7.87. The predicted octanol–water partition coefficient (Wildman–Crippen LogP) is 13.7. The number of furan rings is 1. The van der Waals surface area contributed by atoms with Crippen LogP contribution in [-0.4, -0.2) is 0 Å². The van der Waals surface area contributed by atoms with E-state index in [1.807, 2.05) is 0 Å². The maximum Gasteiger partial charge on any atom is 0.143 e. The van der Waals surface area contributed by atoms with E-state index in [1.54, 1.807) is 0 Å². The highest BCUT2D eigenvalue weighted by Gasteiger charge is 2.21. The Hall–Kier alpha value is -6.44. The SMILES string of the molecule is [2H]c1c([2H])c([2H])c(-c2c([2H])c([2H])c([2H])c3c2oc2c([2H])c([2H])c([2H])c(-c4c5c([2H])c([2H])c([2H])c([2H])c5c(-c5c([2H])c([2H])c(-c6c([2H])c([2H])c7c([2H])c([2H])c([2H])c([2H])c7c6[2H])c([2H])c5[2H])c5c([2H])c([2H])c([2H])c([2H])c45)c23)c([2H])c1[2H]. The molecule has 0 atom stereocenters. The lowest BCUT2D eigenvalue weighted by Gasteiger charge is -2.18. The smallest absolute Gasteiger partial charge is 0.143 e. The van der Waals surface area contributed by atoms with Gasteiger partial charge < -0.3 is 4.42 Å². The van der Waals surface area contributed by atoms with Crippen LogP contribution in [0.15, 0.2) is 186 Å². The van der Waals surface area contributed by atoms with Gasteiger partial charge in [0.05, 0.1) is 41.1 Å². The molecule has 0 fully saturated rings. The molecule has 9 aromatic carbocycles. The largest absolute Gasteiger partial charge is 0.455 e. The summed E-state index contributed by atoms with van der Waals surface area (Å²) in [4.78, 5) is 0. The highest BCUT2D eigenvalue weighted by molar-refractivity contribution is 6.26. The van der Waals surface area contributed by atoms with Gasteiger partial charge in [-0.1, -0.05) is 169 Å². The Morgan fingerprint density at radius 2 is 0.898 bits per heavy atom. The molecule has 0 aliphatic rings. The molecule has 1 nitrogen and oxygen atoms in total. The van der Waals surface area contributed by atoms with Crippen molar-refractivity contribution in [2.75, 3.05) is 0 Å². The van der Waals surface area contributed by atoms with Gasteiger partial charge in [0, 0.05) is 16.3 Å². The first-order valence-electron chi connectivity index (χ1n) is 29.4. The Morgan fingerprint density at radius 1 is 0.347 bits per heavy atom. The summed E-state index contributed by atoms with van der Waals surface area (Å²) in [5.41, 5.74) is -7.71. The van der Waals surface area contributed by atoms with Crippen molar-refractivity contribution in [2.45, 2.75) is 0 Å². The fraction of sp³-hybridized carbons (Fsp3) is 0. The molecule has 0 radical (unpaired) electrons. The van der Waals surface area contributed by atoms with Gasteiger partial charge in [0.15, 0.2) is 0 Å². The van der Waals surface area contributed by atoms with Crippen LogP contribution in [0.25, 0.3) is 98.8 Å². The van der Waals surface area contributed by atoms with Crippen LogP contribution in [-0.2, 0) is 0 Å². The first-order valence-corrected chi connectivity index (χ1v) is 14.4. The lowest BCUT2D eigenvalue weighted by Crippen LogP contribution is -1.91. The van der Waals surface area contributed by atoms with Gasteiger partial charge in [-0.3, -0.25) is 0 Å². The minimum atomic E-state index is -1.13. The predicted molar refractivity (Wildman–Crippen MR) is 208 cm³/mol. The zero-order valence-corrected chi connectivity index (χ0v) is 24.4. The molecule has 0 bridgehead atoms. The Bertz CT molecular complexity index is 4460. The van der Waals surface area contributed by atoms with Gasteiger partial charge in [-0.05, 0) is 83.3 Å². The molecule has 0 spiro atoms. The van der Waals surface area contributed by atoms with E-state index < -0.39 is 280 Å². The van der Waals surface area contributed by atoms with E-state index >= 15 is 0 Å². The Kier molecular flexibility index (Phi) is 2.50. The zero-order valence-electron chi connectivity index (χ0n) is 54.4. The van der Waals surface area contributed by atoms with E-state index in [-0.39, 0.29) is 0 Å². The lowest BCUT2D eigenvalue weighted by atomic mass is 9.84. The van der Waals surface area contributed by atoms with Crippen molar-refractivity contribution in [1.82, 2.24) is 0 Å². The number of hydrogen-bond donors (Lipinski definition) is 0. The zero-order chi connectivity index (χ0) is 58.4. The molecule has 0 N–H and O–H groups in total. The number of para-hydroxylation sites is 1. The highest BCUT2D eigenvalue weighted by Crippen LogP contribution is 2.47. The topological polar surface area (TPSA) is 13.1 Å². The number of benzene rings is 9. The summed E-state index contributed by atoms with van der Waals surface area (Å²) in [6.07, 6.45) is 0.